The molecule has 1 heterocycles. The molecule has 4 rings (SSSR count). The van der Waals surface area contributed by atoms with Crippen molar-refractivity contribution in [3.63, 3.8) is 0 Å². The Kier molecular flexibility index (Phi) is 6.29. The molecule has 3 nitrogen and oxygen atoms in total. The standard InChI is InChI=1S/C27H27F3N2OS/c1-18-10-11-20(25(2,3)4)15-24(18)34-17-26(33,27(28,29)30)21-12-13-23-19(14-21)16-31-32(23)22-8-6-5-7-9-22/h5-16,33H,17H2,1-4H3. The molecule has 4 aromatic rings. The maximum absolute atomic E-state index is 14.2. The molecule has 0 aliphatic carbocycles. The zero-order valence-corrected chi connectivity index (χ0v) is 20.3. The third-order valence-corrected chi connectivity index (χ3v) is 7.32. The molecule has 178 valence electrons. The third-order valence-electron chi connectivity index (χ3n) is 6.01. The van der Waals surface area contributed by atoms with Crippen LogP contribution in [0, 0.1) is 6.92 Å². The van der Waals surface area contributed by atoms with E-state index in [4.69, 9.17) is 0 Å². The Morgan fingerprint density at radius 1 is 0.912 bits per heavy atom. The van der Waals surface area contributed by atoms with Crippen molar-refractivity contribution in [3.8, 4) is 5.69 Å². The Morgan fingerprint density at radius 3 is 2.24 bits per heavy atom. The largest absolute Gasteiger partial charge is 0.422 e. The average molecular weight is 485 g/mol. The molecule has 0 spiro atoms. The molecule has 1 atom stereocenters. The van der Waals surface area contributed by atoms with Crippen molar-refractivity contribution in [1.82, 2.24) is 9.78 Å². The number of fused-ring (bicyclic) bond motifs is 1. The van der Waals surface area contributed by atoms with Crippen molar-refractivity contribution in [2.24, 2.45) is 0 Å². The minimum absolute atomic E-state index is 0.132. The van der Waals surface area contributed by atoms with Crippen LogP contribution in [0.3, 0.4) is 0 Å². The summed E-state index contributed by atoms with van der Waals surface area (Å²) < 4.78 is 44.4. The van der Waals surface area contributed by atoms with Crippen LogP contribution in [0.15, 0.2) is 77.8 Å². The number of rotatable bonds is 5. The van der Waals surface area contributed by atoms with E-state index in [0.29, 0.717) is 10.9 Å². The zero-order chi connectivity index (χ0) is 24.7. The first-order valence-corrected chi connectivity index (χ1v) is 12.0. The number of benzene rings is 3. The fraction of sp³-hybridized carbons (Fsp3) is 0.296. The topological polar surface area (TPSA) is 38.1 Å². The second-order valence-electron chi connectivity index (χ2n) is 9.54. The number of para-hydroxylation sites is 1. The van der Waals surface area contributed by atoms with Gasteiger partial charge in [-0.05, 0) is 59.4 Å². The monoisotopic (exact) mass is 484 g/mol. The summed E-state index contributed by atoms with van der Waals surface area (Å²) in [6, 6.07) is 19.5. The number of alkyl halides is 3. The highest BCUT2D eigenvalue weighted by Gasteiger charge is 2.55. The van der Waals surface area contributed by atoms with Gasteiger partial charge in [0.25, 0.3) is 0 Å². The molecule has 7 heteroatoms. The molecule has 1 unspecified atom stereocenters. The Morgan fingerprint density at radius 2 is 1.59 bits per heavy atom. The Bertz CT molecular complexity index is 1310. The maximum Gasteiger partial charge on any atom is 0.422 e. The van der Waals surface area contributed by atoms with Gasteiger partial charge in [0.1, 0.15) is 0 Å². The number of hydrogen-bond acceptors (Lipinski definition) is 3. The van der Waals surface area contributed by atoms with Crippen LogP contribution in [0.25, 0.3) is 16.6 Å². The molecule has 1 N–H and O–H groups in total. The normalized spacial score (nSPS) is 14.4. The number of thioether (sulfide) groups is 1. The van der Waals surface area contributed by atoms with Crippen LogP contribution in [0.1, 0.15) is 37.5 Å². The molecule has 0 fully saturated rings. The van der Waals surface area contributed by atoms with Crippen molar-refractivity contribution in [2.75, 3.05) is 5.75 Å². The first-order chi connectivity index (χ1) is 15.9. The summed E-state index contributed by atoms with van der Waals surface area (Å²) in [5, 5.41) is 15.9. The van der Waals surface area contributed by atoms with Crippen LogP contribution in [-0.2, 0) is 11.0 Å². The lowest BCUT2D eigenvalue weighted by Crippen LogP contribution is -2.44. The predicted molar refractivity (Wildman–Crippen MR) is 132 cm³/mol. The molecular weight excluding hydrogens is 457 g/mol. The van der Waals surface area contributed by atoms with Crippen LogP contribution >= 0.6 is 11.8 Å². The molecule has 3 aromatic carbocycles. The van der Waals surface area contributed by atoms with Crippen LogP contribution in [0.5, 0.6) is 0 Å². The molecular formula is C27H27F3N2OS. The highest BCUT2D eigenvalue weighted by molar-refractivity contribution is 7.99. The van der Waals surface area contributed by atoms with Crippen LogP contribution in [0.4, 0.5) is 13.2 Å². The van der Waals surface area contributed by atoms with Crippen molar-refractivity contribution in [1.29, 1.82) is 0 Å². The molecule has 34 heavy (non-hydrogen) atoms. The molecule has 0 radical (unpaired) electrons. The predicted octanol–water partition coefficient (Wildman–Crippen LogP) is 7.17. The van der Waals surface area contributed by atoms with E-state index in [0.717, 1.165) is 33.5 Å². The quantitative estimate of drug-likeness (QED) is 0.305. The summed E-state index contributed by atoms with van der Waals surface area (Å²) in [6.45, 7) is 8.04. The van der Waals surface area contributed by atoms with E-state index in [9.17, 15) is 18.3 Å². The molecule has 0 aliphatic rings. The fourth-order valence-corrected chi connectivity index (χ4v) is 5.00. The molecule has 0 amide bonds. The average Bonchev–Trinajstić information content (AvgIpc) is 3.20. The Labute approximate surface area is 201 Å². The third kappa shape index (κ3) is 4.59. The van der Waals surface area contributed by atoms with E-state index in [1.807, 2.05) is 55.5 Å². The van der Waals surface area contributed by atoms with Gasteiger partial charge in [0, 0.05) is 16.0 Å². The van der Waals surface area contributed by atoms with Gasteiger partial charge in [-0.3, -0.25) is 0 Å². The lowest BCUT2D eigenvalue weighted by atomic mass is 9.87. The fourth-order valence-electron chi connectivity index (χ4n) is 3.80. The first kappa shape index (κ1) is 24.4. The summed E-state index contributed by atoms with van der Waals surface area (Å²) in [4.78, 5) is 0.730. The van der Waals surface area contributed by atoms with Gasteiger partial charge in [0.05, 0.1) is 17.4 Å². The molecule has 0 saturated carbocycles. The minimum Gasteiger partial charge on any atom is -0.376 e. The maximum atomic E-state index is 14.2. The Hall–Kier alpha value is -2.77. The molecule has 0 aliphatic heterocycles. The van der Waals surface area contributed by atoms with E-state index in [-0.39, 0.29) is 11.0 Å². The number of aryl methyl sites for hydroxylation is 1. The van der Waals surface area contributed by atoms with Crippen molar-refractivity contribution in [2.45, 2.75) is 49.8 Å². The van der Waals surface area contributed by atoms with Gasteiger partial charge in [0.2, 0.25) is 0 Å². The van der Waals surface area contributed by atoms with Crippen molar-refractivity contribution in [3.05, 3.63) is 89.6 Å². The number of nitrogens with zero attached hydrogens (tertiary/aromatic N) is 2. The second kappa shape index (κ2) is 8.78. The Balaban J connectivity index is 1.70. The van der Waals surface area contributed by atoms with Crippen LogP contribution < -0.4 is 0 Å². The molecule has 0 saturated heterocycles. The van der Waals surface area contributed by atoms with E-state index in [2.05, 4.69) is 25.9 Å². The first-order valence-electron chi connectivity index (χ1n) is 11.0. The van der Waals surface area contributed by atoms with Gasteiger partial charge in [-0.15, -0.1) is 11.8 Å². The SMILES string of the molecule is Cc1ccc(C(C)(C)C)cc1SCC(O)(c1ccc2c(cnn2-c2ccccc2)c1)C(F)(F)F. The van der Waals surface area contributed by atoms with E-state index >= 15 is 0 Å². The van der Waals surface area contributed by atoms with Gasteiger partial charge >= 0.3 is 6.18 Å². The minimum atomic E-state index is -4.85. The van der Waals surface area contributed by atoms with E-state index in [1.54, 1.807) is 10.7 Å². The number of aromatic nitrogens is 2. The summed E-state index contributed by atoms with van der Waals surface area (Å²) in [6.07, 6.45) is -3.33. The van der Waals surface area contributed by atoms with Crippen LogP contribution in [-0.4, -0.2) is 26.8 Å². The van der Waals surface area contributed by atoms with Gasteiger partial charge in [-0.25, -0.2) is 4.68 Å². The molecule has 1 aromatic heterocycles. The van der Waals surface area contributed by atoms with Gasteiger partial charge in [-0.2, -0.15) is 18.3 Å². The van der Waals surface area contributed by atoms with Crippen LogP contribution in [0.2, 0.25) is 0 Å². The summed E-state index contributed by atoms with van der Waals surface area (Å²) in [5.41, 5.74) is 0.0465. The lowest BCUT2D eigenvalue weighted by molar-refractivity contribution is -0.256. The second-order valence-corrected chi connectivity index (χ2v) is 10.6. The van der Waals surface area contributed by atoms with E-state index < -0.39 is 17.5 Å². The molecule has 0 bridgehead atoms. The van der Waals surface area contributed by atoms with E-state index in [1.165, 1.54) is 18.3 Å². The van der Waals surface area contributed by atoms with Gasteiger partial charge < -0.3 is 5.11 Å². The summed E-state index contributed by atoms with van der Waals surface area (Å²) in [5.74, 6) is -0.552. The highest BCUT2D eigenvalue weighted by Crippen LogP contribution is 2.44. The number of hydrogen-bond donors (Lipinski definition) is 1. The van der Waals surface area contributed by atoms with Gasteiger partial charge in [-0.1, -0.05) is 57.2 Å². The van der Waals surface area contributed by atoms with Gasteiger partial charge in [0.15, 0.2) is 5.60 Å². The summed E-state index contributed by atoms with van der Waals surface area (Å²) >= 11 is 1.02. The highest BCUT2D eigenvalue weighted by atomic mass is 32.2. The smallest absolute Gasteiger partial charge is 0.376 e. The van der Waals surface area contributed by atoms with Crippen molar-refractivity contribution < 1.29 is 18.3 Å². The zero-order valence-electron chi connectivity index (χ0n) is 19.5. The number of aliphatic hydroxyl groups is 1. The van der Waals surface area contributed by atoms with Crippen molar-refractivity contribution >= 4 is 22.7 Å². The number of halogens is 3. The lowest BCUT2D eigenvalue weighted by Gasteiger charge is -2.31. The summed E-state index contributed by atoms with van der Waals surface area (Å²) in [7, 11) is 0.